The Hall–Kier alpha value is -3.42. The molecule has 1 fully saturated rings. The van der Waals surface area contributed by atoms with Gasteiger partial charge in [0.1, 0.15) is 24.4 Å². The molecule has 80 heavy (non-hydrogen) atoms. The van der Waals surface area contributed by atoms with Crippen molar-refractivity contribution in [3.05, 3.63) is 97.2 Å². The van der Waals surface area contributed by atoms with E-state index in [1.165, 1.54) is 83.5 Å². The predicted molar refractivity (Wildman–Crippen MR) is 333 cm³/mol. The third kappa shape index (κ3) is 43.3. The van der Waals surface area contributed by atoms with E-state index in [0.29, 0.717) is 12.8 Å². The van der Waals surface area contributed by atoms with Crippen LogP contribution in [0.5, 0.6) is 0 Å². The Balaban J connectivity index is 2.62. The Kier molecular flexibility index (Phi) is 52.3. The molecule has 1 heterocycles. The molecule has 0 aromatic carbocycles. The lowest BCUT2D eigenvalue weighted by Gasteiger charge is -2.41. The molecule has 0 saturated carbocycles. The molecule has 1 aliphatic heterocycles. The number of aliphatic hydroxyl groups is 5. The molecule has 0 spiro atoms. The lowest BCUT2D eigenvalue weighted by molar-refractivity contribution is -0.305. The second-order valence-corrected chi connectivity index (χ2v) is 22.1. The van der Waals surface area contributed by atoms with Crippen molar-refractivity contribution >= 4 is 11.9 Å². The lowest BCUT2D eigenvalue weighted by Crippen LogP contribution is -2.61. The van der Waals surface area contributed by atoms with Gasteiger partial charge < -0.3 is 45.1 Å². The average molecular weight is 1120 g/mol. The van der Waals surface area contributed by atoms with E-state index in [9.17, 15) is 35.1 Å². The highest BCUT2D eigenvalue weighted by molar-refractivity contribution is 5.80. The molecule has 0 radical (unpaired) electrons. The van der Waals surface area contributed by atoms with Crippen LogP contribution in [0.1, 0.15) is 265 Å². The zero-order chi connectivity index (χ0) is 58.2. The minimum absolute atomic E-state index is 0.111. The molecule has 1 aliphatic rings. The van der Waals surface area contributed by atoms with Crippen LogP contribution in [0.2, 0.25) is 0 Å². The van der Waals surface area contributed by atoms with Crippen LogP contribution < -0.4 is 5.32 Å². The number of amides is 1. The second kappa shape index (κ2) is 56.1. The molecule has 0 aromatic heterocycles. The summed E-state index contributed by atoms with van der Waals surface area (Å²) in [6.45, 7) is 5.56. The summed E-state index contributed by atoms with van der Waals surface area (Å²) < 4.78 is 17.6. The van der Waals surface area contributed by atoms with Crippen molar-refractivity contribution < 1.29 is 49.3 Å². The van der Waals surface area contributed by atoms with Crippen LogP contribution in [-0.4, -0.2) is 99.6 Å². The lowest BCUT2D eigenvalue weighted by atomic mass is 9.99. The first-order valence-corrected chi connectivity index (χ1v) is 32.5. The highest BCUT2D eigenvalue weighted by atomic mass is 16.7. The number of rotatable bonds is 54. The van der Waals surface area contributed by atoms with Gasteiger partial charge in [0, 0.05) is 6.42 Å². The molecule has 0 bridgehead atoms. The number of hydrogen-bond donors (Lipinski definition) is 6. The molecule has 11 heteroatoms. The third-order valence-electron chi connectivity index (χ3n) is 14.7. The van der Waals surface area contributed by atoms with E-state index < -0.39 is 67.4 Å². The molecular weight excluding hydrogens is 1000 g/mol. The number of esters is 1. The maximum Gasteiger partial charge on any atom is 0.306 e. The van der Waals surface area contributed by atoms with Crippen LogP contribution >= 0.6 is 0 Å². The molecule has 8 unspecified atom stereocenters. The summed E-state index contributed by atoms with van der Waals surface area (Å²) in [4.78, 5) is 26.6. The Morgan fingerprint density at radius 3 is 1.35 bits per heavy atom. The Labute approximate surface area is 488 Å². The van der Waals surface area contributed by atoms with E-state index in [-0.39, 0.29) is 19.4 Å². The van der Waals surface area contributed by atoms with Gasteiger partial charge >= 0.3 is 5.97 Å². The van der Waals surface area contributed by atoms with Gasteiger partial charge in [-0.3, -0.25) is 9.59 Å². The van der Waals surface area contributed by atoms with Gasteiger partial charge in [-0.1, -0.05) is 259 Å². The van der Waals surface area contributed by atoms with Gasteiger partial charge in [0.05, 0.1) is 25.4 Å². The normalized spacial score (nSPS) is 19.4. The van der Waals surface area contributed by atoms with Gasteiger partial charge in [0.15, 0.2) is 12.4 Å². The molecule has 0 aliphatic carbocycles. The van der Waals surface area contributed by atoms with Crippen molar-refractivity contribution in [1.82, 2.24) is 5.32 Å². The van der Waals surface area contributed by atoms with E-state index in [0.717, 1.165) is 135 Å². The van der Waals surface area contributed by atoms with Gasteiger partial charge in [-0.15, -0.1) is 0 Å². The topological polar surface area (TPSA) is 175 Å². The molecule has 11 nitrogen and oxygen atoms in total. The quantitative estimate of drug-likeness (QED) is 0.0195. The number of ether oxygens (including phenoxy) is 3. The maximum absolute atomic E-state index is 13.4. The minimum atomic E-state index is -1.62. The molecule has 1 amide bonds. The number of nitrogens with one attached hydrogen (secondary N) is 1. The summed E-state index contributed by atoms with van der Waals surface area (Å²) in [5.74, 6) is -1.21. The van der Waals surface area contributed by atoms with Gasteiger partial charge in [-0.05, 0) is 96.3 Å². The number of unbranched alkanes of at least 4 members (excludes halogenated alkanes) is 26. The van der Waals surface area contributed by atoms with E-state index in [2.05, 4.69) is 111 Å². The predicted octanol–water partition coefficient (Wildman–Crippen LogP) is 15.9. The van der Waals surface area contributed by atoms with Crippen molar-refractivity contribution in [3.63, 3.8) is 0 Å². The number of aliphatic hydroxyl groups excluding tert-OH is 5. The summed E-state index contributed by atoms with van der Waals surface area (Å²) in [7, 11) is 0. The van der Waals surface area contributed by atoms with Gasteiger partial charge in [0.25, 0.3) is 0 Å². The molecule has 6 N–H and O–H groups in total. The fourth-order valence-electron chi connectivity index (χ4n) is 9.66. The zero-order valence-electron chi connectivity index (χ0n) is 50.9. The summed E-state index contributed by atoms with van der Waals surface area (Å²) >= 11 is 0. The average Bonchev–Trinajstić information content (AvgIpc) is 3.45. The Bertz CT molecular complexity index is 1670. The van der Waals surface area contributed by atoms with Crippen LogP contribution in [0.4, 0.5) is 0 Å². The number of allylic oxidation sites excluding steroid dienone is 15. The van der Waals surface area contributed by atoms with Crippen LogP contribution in [-0.2, 0) is 23.8 Å². The SMILES string of the molecule is CC/C=C\C/C=C\C/C=C\C/C=C\C/C=C\CCCCCCCCCCCC(=O)OC1C(OCC(NC(=O)C(O)CCCCCCCC/C=C/C/C=C/CC)C(O)/C=C/CCCCCCCCCCCCC)OC(CO)C(O)C1O. The molecule has 1 rings (SSSR count). The molecule has 8 atom stereocenters. The van der Waals surface area contributed by atoms with Crippen LogP contribution in [0, 0.1) is 0 Å². The third-order valence-corrected chi connectivity index (χ3v) is 14.7. The number of carbonyl (C=O) groups excluding carboxylic acids is 2. The van der Waals surface area contributed by atoms with Crippen molar-refractivity contribution in [1.29, 1.82) is 0 Å². The molecule has 1 saturated heterocycles. The summed E-state index contributed by atoms with van der Waals surface area (Å²) in [6.07, 6.45) is 64.4. The highest BCUT2D eigenvalue weighted by Gasteiger charge is 2.47. The van der Waals surface area contributed by atoms with E-state index in [1.807, 2.05) is 6.08 Å². The number of carbonyl (C=O) groups is 2. The second-order valence-electron chi connectivity index (χ2n) is 22.1. The summed E-state index contributed by atoms with van der Waals surface area (Å²) in [6, 6.07) is -1.03. The van der Waals surface area contributed by atoms with Crippen LogP contribution in [0.25, 0.3) is 0 Å². The Morgan fingerprint density at radius 1 is 0.500 bits per heavy atom. The van der Waals surface area contributed by atoms with E-state index in [4.69, 9.17) is 14.2 Å². The fraction of sp³-hybridized carbons (Fsp3) is 0.739. The van der Waals surface area contributed by atoms with Crippen molar-refractivity contribution in [2.45, 2.75) is 314 Å². The van der Waals surface area contributed by atoms with Crippen LogP contribution in [0.15, 0.2) is 97.2 Å². The molecular formula is C69H119NO10. The van der Waals surface area contributed by atoms with Crippen LogP contribution in [0.3, 0.4) is 0 Å². The highest BCUT2D eigenvalue weighted by Crippen LogP contribution is 2.26. The van der Waals surface area contributed by atoms with Crippen molar-refractivity contribution in [2.75, 3.05) is 13.2 Å². The van der Waals surface area contributed by atoms with Gasteiger partial charge in [0.2, 0.25) is 5.91 Å². The minimum Gasteiger partial charge on any atom is -0.454 e. The van der Waals surface area contributed by atoms with Crippen molar-refractivity contribution in [2.24, 2.45) is 0 Å². The monoisotopic (exact) mass is 1120 g/mol. The van der Waals surface area contributed by atoms with Crippen molar-refractivity contribution in [3.8, 4) is 0 Å². The first kappa shape index (κ1) is 74.6. The van der Waals surface area contributed by atoms with Gasteiger partial charge in [-0.25, -0.2) is 0 Å². The van der Waals surface area contributed by atoms with Gasteiger partial charge in [-0.2, -0.15) is 0 Å². The Morgan fingerprint density at radius 2 is 0.900 bits per heavy atom. The number of hydrogen-bond acceptors (Lipinski definition) is 10. The first-order chi connectivity index (χ1) is 39.2. The maximum atomic E-state index is 13.4. The largest absolute Gasteiger partial charge is 0.454 e. The summed E-state index contributed by atoms with van der Waals surface area (Å²) in [5.41, 5.74) is 0. The fourth-order valence-corrected chi connectivity index (χ4v) is 9.66. The molecule has 460 valence electrons. The van der Waals surface area contributed by atoms with E-state index >= 15 is 0 Å². The zero-order valence-corrected chi connectivity index (χ0v) is 50.9. The summed E-state index contributed by atoms with van der Waals surface area (Å²) in [5, 5.41) is 57.0. The van der Waals surface area contributed by atoms with E-state index in [1.54, 1.807) is 6.08 Å². The smallest absolute Gasteiger partial charge is 0.306 e. The molecule has 0 aromatic rings. The standard InChI is InChI=1S/C69H119NO10/c1-4-7-10-13-16-19-22-25-26-27-28-29-30-31-32-33-34-35-36-39-42-45-48-51-54-57-64(74)80-67-66(76)65(75)63(58-71)79-69(67)78-59-60(61(72)55-52-49-46-43-40-37-23-20-17-14-11-8-5-2)70-68(77)62(73)56-53-50-47-44-41-38-24-21-18-15-12-9-6-3/h7,9-10,12,16,18-19,21,25-26,28-29,31-32,52,55,60-63,65-67,69,71-73,75-76H,4-6,8,11,13-15,17,20,22-24,27,30,33-51,53-54,56-59H2,1-3H3,(H,70,77)/b10-7-,12-9+,19-16-,21-18+,26-25-,29-28-,32-31-,55-52+. The first-order valence-electron chi connectivity index (χ1n) is 32.5.